The smallest absolute Gasteiger partial charge is 0.270 e. The summed E-state index contributed by atoms with van der Waals surface area (Å²) >= 11 is 6.15. The largest absolute Gasteiger partial charge is 0.371 e. The van der Waals surface area contributed by atoms with Gasteiger partial charge in [-0.1, -0.05) is 36.7 Å². The Labute approximate surface area is 204 Å². The number of rotatable bonds is 6. The van der Waals surface area contributed by atoms with E-state index in [9.17, 15) is 4.79 Å². The average molecular weight is 474 g/mol. The lowest BCUT2D eigenvalue weighted by molar-refractivity contribution is 0.0944. The van der Waals surface area contributed by atoms with Crippen LogP contribution in [0.25, 0.3) is 5.65 Å². The number of carbonyl (C=O) groups is 1. The van der Waals surface area contributed by atoms with Gasteiger partial charge in [-0.2, -0.15) is 0 Å². The van der Waals surface area contributed by atoms with Crippen LogP contribution >= 0.6 is 11.6 Å². The van der Waals surface area contributed by atoms with E-state index in [4.69, 9.17) is 11.6 Å². The standard InChI is InChI=1S/C27H28ClN5O/c1-2-24-26(33-18-22(28)7-10-25(33)31-24)27(34)30-16-19-5-8-23(9-6-19)32-14-11-20(12-15-32)21-4-3-13-29-17-21/h3-10,13,17-18,20H,2,11-12,14-16H2,1H3,(H,30,34). The summed E-state index contributed by atoms with van der Waals surface area (Å²) in [5.41, 5.74) is 5.67. The molecule has 0 atom stereocenters. The van der Waals surface area contributed by atoms with Crippen LogP contribution in [0.5, 0.6) is 0 Å². The molecule has 0 bridgehead atoms. The van der Waals surface area contributed by atoms with Crippen molar-refractivity contribution in [1.29, 1.82) is 0 Å². The predicted octanol–water partition coefficient (Wildman–Crippen LogP) is 5.26. The number of fused-ring (bicyclic) bond motifs is 1. The van der Waals surface area contributed by atoms with Gasteiger partial charge in [0.25, 0.3) is 5.91 Å². The van der Waals surface area contributed by atoms with E-state index in [1.165, 1.54) is 11.3 Å². The highest BCUT2D eigenvalue weighted by molar-refractivity contribution is 6.30. The number of pyridine rings is 2. The summed E-state index contributed by atoms with van der Waals surface area (Å²) in [5, 5.41) is 3.62. The number of halogens is 1. The van der Waals surface area contributed by atoms with Gasteiger partial charge in [0, 0.05) is 43.9 Å². The number of nitrogens with one attached hydrogen (secondary N) is 1. The summed E-state index contributed by atoms with van der Waals surface area (Å²) in [6.45, 7) is 4.52. The van der Waals surface area contributed by atoms with Crippen molar-refractivity contribution < 1.29 is 4.79 Å². The van der Waals surface area contributed by atoms with Gasteiger partial charge in [0.1, 0.15) is 11.3 Å². The minimum Gasteiger partial charge on any atom is -0.371 e. The third-order valence-electron chi connectivity index (χ3n) is 6.61. The molecule has 4 heterocycles. The molecule has 1 aromatic carbocycles. The quantitative estimate of drug-likeness (QED) is 0.415. The maximum absolute atomic E-state index is 13.0. The predicted molar refractivity (Wildman–Crippen MR) is 136 cm³/mol. The second-order valence-corrected chi connectivity index (χ2v) is 9.17. The van der Waals surface area contributed by atoms with Crippen molar-refractivity contribution in [2.24, 2.45) is 0 Å². The fourth-order valence-corrected chi connectivity index (χ4v) is 4.89. The Morgan fingerprint density at radius 1 is 1.12 bits per heavy atom. The molecule has 6 nitrogen and oxygen atoms in total. The zero-order valence-electron chi connectivity index (χ0n) is 19.2. The summed E-state index contributed by atoms with van der Waals surface area (Å²) in [6, 6.07) is 16.3. The molecule has 0 saturated carbocycles. The lowest BCUT2D eigenvalue weighted by atomic mass is 9.90. The molecule has 1 N–H and O–H groups in total. The number of piperidine rings is 1. The number of benzene rings is 1. The van der Waals surface area contributed by atoms with Gasteiger partial charge in [0.15, 0.2) is 0 Å². The van der Waals surface area contributed by atoms with Crippen LogP contribution in [0.15, 0.2) is 67.1 Å². The second-order valence-electron chi connectivity index (χ2n) is 8.73. The highest BCUT2D eigenvalue weighted by atomic mass is 35.5. The fraction of sp³-hybridized carbons (Fsp3) is 0.296. The van der Waals surface area contributed by atoms with Crippen LogP contribution in [0.3, 0.4) is 0 Å². The van der Waals surface area contributed by atoms with E-state index >= 15 is 0 Å². The number of aryl methyl sites for hydroxylation is 1. The van der Waals surface area contributed by atoms with Crippen LogP contribution < -0.4 is 10.2 Å². The summed E-state index contributed by atoms with van der Waals surface area (Å²) in [5.74, 6) is 0.440. The molecule has 7 heteroatoms. The minimum atomic E-state index is -0.145. The molecule has 1 aliphatic rings. The molecule has 0 spiro atoms. The molecule has 1 amide bonds. The van der Waals surface area contributed by atoms with Crippen LogP contribution in [0, 0.1) is 0 Å². The number of aromatic nitrogens is 3. The summed E-state index contributed by atoms with van der Waals surface area (Å²) in [7, 11) is 0. The van der Waals surface area contributed by atoms with Crippen molar-refractivity contribution >= 4 is 28.8 Å². The first-order chi connectivity index (χ1) is 16.6. The third kappa shape index (κ3) is 4.64. The molecule has 3 aromatic heterocycles. The van der Waals surface area contributed by atoms with E-state index in [0.29, 0.717) is 29.6 Å². The maximum Gasteiger partial charge on any atom is 0.270 e. The van der Waals surface area contributed by atoms with E-state index < -0.39 is 0 Å². The van der Waals surface area contributed by atoms with E-state index in [2.05, 4.69) is 50.5 Å². The topological polar surface area (TPSA) is 62.5 Å². The molecule has 1 fully saturated rings. The van der Waals surface area contributed by atoms with Gasteiger partial charge < -0.3 is 10.2 Å². The molecule has 5 rings (SSSR count). The van der Waals surface area contributed by atoms with E-state index in [1.807, 2.05) is 31.5 Å². The van der Waals surface area contributed by atoms with Gasteiger partial charge >= 0.3 is 0 Å². The zero-order chi connectivity index (χ0) is 23.5. The van der Waals surface area contributed by atoms with Gasteiger partial charge in [-0.05, 0) is 66.6 Å². The Morgan fingerprint density at radius 3 is 2.62 bits per heavy atom. The van der Waals surface area contributed by atoms with Crippen molar-refractivity contribution in [2.45, 2.75) is 38.6 Å². The molecule has 0 radical (unpaired) electrons. The first kappa shape index (κ1) is 22.4. The average Bonchev–Trinajstić information content (AvgIpc) is 3.26. The van der Waals surface area contributed by atoms with Crippen LogP contribution in [0.2, 0.25) is 5.02 Å². The van der Waals surface area contributed by atoms with E-state index in [1.54, 1.807) is 16.7 Å². The number of nitrogens with zero attached hydrogens (tertiary/aromatic N) is 4. The number of anilines is 1. The zero-order valence-corrected chi connectivity index (χ0v) is 20.0. The molecular formula is C27H28ClN5O. The van der Waals surface area contributed by atoms with E-state index in [0.717, 1.165) is 42.8 Å². The van der Waals surface area contributed by atoms with E-state index in [-0.39, 0.29) is 5.91 Å². The van der Waals surface area contributed by atoms with Crippen molar-refractivity contribution in [1.82, 2.24) is 19.7 Å². The van der Waals surface area contributed by atoms with Gasteiger partial charge in [0.05, 0.1) is 10.7 Å². The highest BCUT2D eigenvalue weighted by Crippen LogP contribution is 2.30. The van der Waals surface area contributed by atoms with Crippen LogP contribution in [-0.2, 0) is 13.0 Å². The first-order valence-corrected chi connectivity index (χ1v) is 12.2. The van der Waals surface area contributed by atoms with Crippen molar-refractivity contribution in [3.8, 4) is 0 Å². The van der Waals surface area contributed by atoms with Gasteiger partial charge in [0.2, 0.25) is 0 Å². The Balaban J connectivity index is 1.21. The lowest BCUT2D eigenvalue weighted by Crippen LogP contribution is -2.32. The number of imidazole rings is 1. The van der Waals surface area contributed by atoms with Crippen molar-refractivity contribution in [3.63, 3.8) is 0 Å². The highest BCUT2D eigenvalue weighted by Gasteiger charge is 2.21. The van der Waals surface area contributed by atoms with Crippen molar-refractivity contribution in [2.75, 3.05) is 18.0 Å². The molecule has 174 valence electrons. The molecule has 0 aliphatic carbocycles. The molecule has 4 aromatic rings. The Morgan fingerprint density at radius 2 is 1.91 bits per heavy atom. The summed E-state index contributed by atoms with van der Waals surface area (Å²) in [6.07, 6.45) is 8.50. The second kappa shape index (κ2) is 9.85. The van der Waals surface area contributed by atoms with Crippen LogP contribution in [0.4, 0.5) is 5.69 Å². The lowest BCUT2D eigenvalue weighted by Gasteiger charge is -2.33. The molecule has 34 heavy (non-hydrogen) atoms. The monoisotopic (exact) mass is 473 g/mol. The number of hydrogen-bond donors (Lipinski definition) is 1. The number of amides is 1. The van der Waals surface area contributed by atoms with Gasteiger partial charge in [-0.25, -0.2) is 4.98 Å². The normalized spacial score (nSPS) is 14.5. The molecular weight excluding hydrogens is 446 g/mol. The van der Waals surface area contributed by atoms with Crippen molar-refractivity contribution in [3.05, 3.63) is 94.7 Å². The third-order valence-corrected chi connectivity index (χ3v) is 6.83. The number of carbonyl (C=O) groups excluding carboxylic acids is 1. The molecule has 1 aliphatic heterocycles. The van der Waals surface area contributed by atoms with Crippen LogP contribution in [-0.4, -0.2) is 33.4 Å². The number of hydrogen-bond acceptors (Lipinski definition) is 4. The van der Waals surface area contributed by atoms with Gasteiger partial charge in [-0.3, -0.25) is 14.2 Å². The minimum absolute atomic E-state index is 0.145. The van der Waals surface area contributed by atoms with Crippen LogP contribution in [0.1, 0.15) is 53.0 Å². The molecule has 0 unspecified atom stereocenters. The first-order valence-electron chi connectivity index (χ1n) is 11.8. The summed E-state index contributed by atoms with van der Waals surface area (Å²) in [4.78, 5) is 24.3. The Bertz CT molecular complexity index is 1280. The fourth-order valence-electron chi connectivity index (χ4n) is 4.73. The maximum atomic E-state index is 13.0. The van der Waals surface area contributed by atoms with Gasteiger partial charge in [-0.15, -0.1) is 0 Å². The molecule has 1 saturated heterocycles. The Kier molecular flexibility index (Phi) is 6.50. The SMILES string of the molecule is CCc1nc2ccc(Cl)cn2c1C(=O)NCc1ccc(N2CCC(c3cccnc3)CC2)cc1. The Hall–Kier alpha value is -3.38. The summed E-state index contributed by atoms with van der Waals surface area (Å²) < 4.78 is 1.77.